The zero-order valence-electron chi connectivity index (χ0n) is 14.3. The molecule has 21 heavy (non-hydrogen) atoms. The molecular formula is C17H30Cl2NTi. The molecule has 0 aromatic carbocycles. The van der Waals surface area contributed by atoms with Crippen LogP contribution < -0.4 is 24.8 Å². The summed E-state index contributed by atoms with van der Waals surface area (Å²) in [5.74, 6) is 1.39. The van der Waals surface area contributed by atoms with Gasteiger partial charge in [-0.3, -0.25) is 0 Å². The molecule has 0 saturated carbocycles. The van der Waals surface area contributed by atoms with E-state index in [9.17, 15) is 0 Å². The first-order chi connectivity index (χ1) is 8.84. The molecule has 0 spiro atoms. The minimum atomic E-state index is 0. The molecule has 0 fully saturated rings. The van der Waals surface area contributed by atoms with E-state index in [4.69, 9.17) is 0 Å². The first-order valence-electron chi connectivity index (χ1n) is 7.68. The maximum atomic E-state index is 2.56. The fourth-order valence-electron chi connectivity index (χ4n) is 2.66. The molecule has 1 rings (SSSR count). The Morgan fingerprint density at radius 3 is 2.05 bits per heavy atom. The van der Waals surface area contributed by atoms with Crippen LogP contribution in [0.3, 0.4) is 0 Å². The largest absolute Gasteiger partial charge is 1.00 e. The topological polar surface area (TPSA) is 3.24 Å². The van der Waals surface area contributed by atoms with Crippen LogP contribution in [0.25, 0.3) is 0 Å². The van der Waals surface area contributed by atoms with E-state index in [-0.39, 0.29) is 28.5 Å². The van der Waals surface area contributed by atoms with Gasteiger partial charge in [0.05, 0.1) is 0 Å². The molecule has 0 heterocycles. The molecule has 0 aromatic rings. The second-order valence-corrected chi connectivity index (χ2v) is 7.78. The van der Waals surface area contributed by atoms with Crippen molar-refractivity contribution in [1.82, 2.24) is 4.90 Å². The van der Waals surface area contributed by atoms with Gasteiger partial charge in [-0.25, -0.2) is 0 Å². The van der Waals surface area contributed by atoms with E-state index in [1.54, 1.807) is 11.1 Å². The molecular weight excluding hydrogens is 337 g/mol. The zero-order valence-corrected chi connectivity index (χ0v) is 17.4. The molecule has 0 amide bonds. The van der Waals surface area contributed by atoms with Gasteiger partial charge in [-0.05, 0) is 0 Å². The molecule has 0 bridgehead atoms. The van der Waals surface area contributed by atoms with Crippen molar-refractivity contribution in [2.24, 2.45) is 11.8 Å². The minimum absolute atomic E-state index is 0. The fraction of sp³-hybridized carbons (Fsp3) is 0.765. The van der Waals surface area contributed by atoms with Gasteiger partial charge < -0.3 is 24.8 Å². The number of hydrogen-bond donors (Lipinski definition) is 0. The molecule has 0 aromatic heterocycles. The summed E-state index contributed by atoms with van der Waals surface area (Å²) in [5, 5.41) is 0. The first-order valence-corrected chi connectivity index (χ1v) is 8.46. The van der Waals surface area contributed by atoms with Crippen molar-refractivity contribution in [3.05, 3.63) is 23.3 Å². The van der Waals surface area contributed by atoms with E-state index >= 15 is 0 Å². The molecule has 3 atom stereocenters. The van der Waals surface area contributed by atoms with Crippen molar-refractivity contribution < 1.29 is 45.2 Å². The Kier molecular flexibility index (Phi) is 12.0. The van der Waals surface area contributed by atoms with Crippen LogP contribution in [0.1, 0.15) is 47.0 Å². The van der Waals surface area contributed by atoms with Crippen LogP contribution in [0.4, 0.5) is 0 Å². The number of nitrogens with zero attached hydrogens (tertiary/aromatic N) is 1. The van der Waals surface area contributed by atoms with Crippen LogP contribution in [-0.4, -0.2) is 25.5 Å². The van der Waals surface area contributed by atoms with Gasteiger partial charge in [0.15, 0.2) is 0 Å². The van der Waals surface area contributed by atoms with Gasteiger partial charge in [0.2, 0.25) is 0 Å². The van der Waals surface area contributed by atoms with E-state index < -0.39 is 0 Å². The van der Waals surface area contributed by atoms with Crippen molar-refractivity contribution in [3.8, 4) is 0 Å². The molecule has 121 valence electrons. The third-order valence-electron chi connectivity index (χ3n) is 4.53. The summed E-state index contributed by atoms with van der Waals surface area (Å²) >= 11 is 2.43. The fourth-order valence-corrected chi connectivity index (χ4v) is 3.59. The predicted molar refractivity (Wildman–Crippen MR) is 80.9 cm³/mol. The Hall–Kier alpha value is 0.734. The Morgan fingerprint density at radius 1 is 1.10 bits per heavy atom. The summed E-state index contributed by atoms with van der Waals surface area (Å²) < 4.78 is 0.276. The monoisotopic (exact) mass is 366 g/mol. The third kappa shape index (κ3) is 6.39. The average Bonchev–Trinajstić information content (AvgIpc) is 2.73. The van der Waals surface area contributed by atoms with E-state index in [0.29, 0.717) is 11.8 Å². The Labute approximate surface area is 156 Å². The molecule has 0 aliphatic heterocycles. The normalized spacial score (nSPS) is 23.9. The summed E-state index contributed by atoms with van der Waals surface area (Å²) in [7, 11) is 4.34. The van der Waals surface area contributed by atoms with Gasteiger partial charge in [-0.1, -0.05) is 0 Å². The van der Waals surface area contributed by atoms with Gasteiger partial charge in [0.1, 0.15) is 0 Å². The Morgan fingerprint density at radius 2 is 1.62 bits per heavy atom. The Balaban J connectivity index is 0. The molecule has 0 N–H and O–H groups in total. The molecule has 1 aliphatic carbocycles. The predicted octanol–water partition coefficient (Wildman–Crippen LogP) is -1.39. The molecule has 0 saturated heterocycles. The first kappa shape index (κ1) is 24.0. The van der Waals surface area contributed by atoms with E-state index in [0.717, 1.165) is 6.54 Å². The van der Waals surface area contributed by atoms with Crippen LogP contribution in [0, 0.1) is 11.8 Å². The number of hydrogen-bond acceptors (Lipinski definition) is 1. The van der Waals surface area contributed by atoms with Crippen LogP contribution in [0.2, 0.25) is 3.72 Å². The molecule has 1 nitrogen and oxygen atoms in total. The maximum Gasteiger partial charge on any atom is -1.00 e. The van der Waals surface area contributed by atoms with Crippen LogP contribution >= 0.6 is 0 Å². The van der Waals surface area contributed by atoms with Crippen LogP contribution in [0.5, 0.6) is 0 Å². The molecule has 0 radical (unpaired) electrons. The second kappa shape index (κ2) is 10.5. The van der Waals surface area contributed by atoms with Crippen LogP contribution in [0.15, 0.2) is 23.3 Å². The molecule has 1 aliphatic rings. The van der Waals surface area contributed by atoms with Crippen molar-refractivity contribution >= 4 is 0 Å². The van der Waals surface area contributed by atoms with Crippen molar-refractivity contribution in [2.45, 2.75) is 50.7 Å². The minimum Gasteiger partial charge on any atom is -1.00 e. The molecule has 4 heteroatoms. The van der Waals surface area contributed by atoms with Gasteiger partial charge >= 0.3 is 132 Å². The van der Waals surface area contributed by atoms with E-state index in [1.807, 2.05) is 0 Å². The summed E-state index contributed by atoms with van der Waals surface area (Å²) in [5.41, 5.74) is 3.23. The second-order valence-electron chi connectivity index (χ2n) is 6.39. The number of allylic oxidation sites excluding steroid dienone is 4. The summed E-state index contributed by atoms with van der Waals surface area (Å²) in [6, 6.07) is 0. The standard InChI is InChI=1S/C17H30N.2ClH.Ti/c1-7-13(3)16-11-15(9-10-18(5)6)17(12-16)14(4)8-2;;;/h11-14H,7-10H2,1-6H3;2*1H;/q;;;+2/p-2. The average molecular weight is 367 g/mol. The summed E-state index contributed by atoms with van der Waals surface area (Å²) in [4.78, 5) is 2.30. The zero-order chi connectivity index (χ0) is 14.6. The van der Waals surface area contributed by atoms with Crippen LogP contribution in [-0.2, 0) is 20.4 Å². The van der Waals surface area contributed by atoms with Gasteiger partial charge in [0, 0.05) is 0 Å². The van der Waals surface area contributed by atoms with Gasteiger partial charge in [-0.15, -0.1) is 0 Å². The van der Waals surface area contributed by atoms with Gasteiger partial charge in [-0.2, -0.15) is 0 Å². The van der Waals surface area contributed by atoms with Crippen molar-refractivity contribution in [3.63, 3.8) is 0 Å². The maximum absolute atomic E-state index is 2.56. The number of halogens is 2. The van der Waals surface area contributed by atoms with E-state index in [2.05, 4.69) is 79.3 Å². The smallest absolute Gasteiger partial charge is 1.00 e. The number of rotatable bonds is 7. The molecule has 3 unspecified atom stereocenters. The van der Waals surface area contributed by atoms with Crippen molar-refractivity contribution in [1.29, 1.82) is 0 Å². The summed E-state index contributed by atoms with van der Waals surface area (Å²) in [6.45, 7) is 10.5. The third-order valence-corrected chi connectivity index (χ3v) is 5.59. The van der Waals surface area contributed by atoms with Gasteiger partial charge in [0.25, 0.3) is 0 Å². The summed E-state index contributed by atoms with van der Waals surface area (Å²) in [6.07, 6.45) is 8.78. The van der Waals surface area contributed by atoms with E-state index in [1.165, 1.54) is 19.3 Å². The SMILES string of the molecule is CCC(C)C1=C[C]([Ti+2])(CCN(C)C)C(C(C)CC)=C1.[Cl-].[Cl-]. The van der Waals surface area contributed by atoms with Crippen molar-refractivity contribution in [2.75, 3.05) is 20.6 Å². The quantitative estimate of drug-likeness (QED) is 0.501. The Bertz CT molecular complexity index is 366.